The quantitative estimate of drug-likeness (QED) is 0.461. The topological polar surface area (TPSA) is 17.1 Å². The lowest BCUT2D eigenvalue weighted by Crippen LogP contribution is -2.06. The van der Waals surface area contributed by atoms with Crippen molar-refractivity contribution < 1.29 is 22.4 Å². The minimum absolute atomic E-state index is 0.0906. The van der Waals surface area contributed by atoms with Gasteiger partial charge < -0.3 is 0 Å². The molecule has 0 atom stereocenters. The molecule has 0 unspecified atom stereocenters. The van der Waals surface area contributed by atoms with Crippen molar-refractivity contribution in [2.45, 2.75) is 0 Å². The van der Waals surface area contributed by atoms with E-state index in [0.29, 0.717) is 12.1 Å². The van der Waals surface area contributed by atoms with E-state index in [4.69, 9.17) is 11.6 Å². The average molecular weight is 289 g/mol. The highest BCUT2D eigenvalue weighted by atomic mass is 35.5. The maximum Gasteiger partial charge on any atom is 0.196 e. The lowest BCUT2D eigenvalue weighted by atomic mass is 10.0. The van der Waals surface area contributed by atoms with Crippen LogP contribution in [-0.4, -0.2) is 5.78 Å². The summed E-state index contributed by atoms with van der Waals surface area (Å²) < 4.78 is 52.2. The number of hydrogen-bond acceptors (Lipinski definition) is 1. The highest BCUT2D eigenvalue weighted by Crippen LogP contribution is 2.21. The average Bonchev–Trinajstić information content (AvgIpc) is 2.37. The number of hydrogen-bond donors (Lipinski definition) is 0. The van der Waals surface area contributed by atoms with Crippen LogP contribution in [0, 0.1) is 23.3 Å². The minimum Gasteiger partial charge on any atom is -0.288 e. The van der Waals surface area contributed by atoms with E-state index in [1.165, 1.54) is 6.07 Å². The molecule has 0 spiro atoms. The number of carbonyl (C=O) groups is 1. The molecule has 2 aromatic rings. The zero-order valence-electron chi connectivity index (χ0n) is 9.18. The second kappa shape index (κ2) is 5.01. The highest BCUT2D eigenvalue weighted by Gasteiger charge is 2.19. The van der Waals surface area contributed by atoms with Crippen LogP contribution in [0.25, 0.3) is 0 Å². The van der Waals surface area contributed by atoms with Gasteiger partial charge in [0.2, 0.25) is 0 Å². The predicted molar refractivity (Wildman–Crippen MR) is 61.2 cm³/mol. The van der Waals surface area contributed by atoms with Crippen LogP contribution in [0.5, 0.6) is 0 Å². The zero-order chi connectivity index (χ0) is 14.2. The maximum absolute atomic E-state index is 13.4. The first-order valence-electron chi connectivity index (χ1n) is 5.04. The second-order valence-corrected chi connectivity index (χ2v) is 4.14. The molecule has 0 aromatic heterocycles. The maximum atomic E-state index is 13.4. The molecule has 0 aliphatic heterocycles. The molecule has 0 amide bonds. The molecular formula is C13H5ClF4O. The van der Waals surface area contributed by atoms with Gasteiger partial charge in [-0.3, -0.25) is 4.79 Å². The Balaban J connectivity index is 2.53. The highest BCUT2D eigenvalue weighted by molar-refractivity contribution is 6.31. The van der Waals surface area contributed by atoms with E-state index in [1.807, 2.05) is 0 Å². The molecule has 2 aromatic carbocycles. The second-order valence-electron chi connectivity index (χ2n) is 3.71. The molecule has 0 aliphatic rings. The van der Waals surface area contributed by atoms with E-state index in [-0.39, 0.29) is 5.02 Å². The normalized spacial score (nSPS) is 10.6. The van der Waals surface area contributed by atoms with Crippen molar-refractivity contribution >= 4 is 17.4 Å². The van der Waals surface area contributed by atoms with Gasteiger partial charge in [-0.05, 0) is 30.3 Å². The standard InChI is InChI=1S/C13H5ClF4O/c14-7-1-2-9(15)8(5-7)13(19)6-3-10(16)12(18)11(17)4-6/h1-5H. The fourth-order valence-electron chi connectivity index (χ4n) is 1.51. The Labute approximate surface area is 110 Å². The summed E-state index contributed by atoms with van der Waals surface area (Å²) in [5.41, 5.74) is -0.949. The van der Waals surface area contributed by atoms with Crippen molar-refractivity contribution in [2.75, 3.05) is 0 Å². The predicted octanol–water partition coefficient (Wildman–Crippen LogP) is 4.13. The van der Waals surface area contributed by atoms with Crippen LogP contribution in [0.4, 0.5) is 17.6 Å². The summed E-state index contributed by atoms with van der Waals surface area (Å²) in [7, 11) is 0. The SMILES string of the molecule is O=C(c1cc(F)c(F)c(F)c1)c1cc(Cl)ccc1F. The van der Waals surface area contributed by atoms with Crippen LogP contribution in [0.15, 0.2) is 30.3 Å². The molecule has 0 bridgehead atoms. The summed E-state index contributed by atoms with van der Waals surface area (Å²) in [6.45, 7) is 0. The van der Waals surface area contributed by atoms with Crippen molar-refractivity contribution in [3.63, 3.8) is 0 Å². The number of halogens is 5. The van der Waals surface area contributed by atoms with Crippen LogP contribution < -0.4 is 0 Å². The van der Waals surface area contributed by atoms with Crippen LogP contribution in [0.1, 0.15) is 15.9 Å². The zero-order valence-corrected chi connectivity index (χ0v) is 9.94. The minimum atomic E-state index is -1.69. The number of carbonyl (C=O) groups excluding carboxylic acids is 1. The van der Waals surface area contributed by atoms with Gasteiger partial charge in [0.25, 0.3) is 0 Å². The van der Waals surface area contributed by atoms with E-state index in [0.717, 1.165) is 12.1 Å². The Morgan fingerprint density at radius 1 is 0.895 bits per heavy atom. The first-order valence-corrected chi connectivity index (χ1v) is 5.42. The first-order chi connectivity index (χ1) is 8.90. The van der Waals surface area contributed by atoms with E-state index in [2.05, 4.69) is 0 Å². The smallest absolute Gasteiger partial charge is 0.196 e. The molecule has 0 heterocycles. The summed E-state index contributed by atoms with van der Waals surface area (Å²) in [5, 5.41) is 0.0906. The van der Waals surface area contributed by atoms with Gasteiger partial charge in [0.05, 0.1) is 5.56 Å². The first kappa shape index (κ1) is 13.5. The van der Waals surface area contributed by atoms with Gasteiger partial charge in [-0.25, -0.2) is 17.6 Å². The largest absolute Gasteiger partial charge is 0.288 e. The van der Waals surface area contributed by atoms with Gasteiger partial charge in [0.15, 0.2) is 23.2 Å². The van der Waals surface area contributed by atoms with E-state index < -0.39 is 40.2 Å². The van der Waals surface area contributed by atoms with Gasteiger partial charge >= 0.3 is 0 Å². The Morgan fingerprint density at radius 2 is 1.47 bits per heavy atom. The molecule has 2 rings (SSSR count). The Kier molecular flexibility index (Phi) is 3.57. The number of rotatable bonds is 2. The summed E-state index contributed by atoms with van der Waals surface area (Å²) in [4.78, 5) is 11.9. The third-order valence-electron chi connectivity index (χ3n) is 2.42. The fourth-order valence-corrected chi connectivity index (χ4v) is 1.69. The molecule has 0 radical (unpaired) electrons. The molecule has 1 nitrogen and oxygen atoms in total. The van der Waals surface area contributed by atoms with Crippen LogP contribution in [0.3, 0.4) is 0 Å². The Bertz CT molecular complexity index is 647. The third-order valence-corrected chi connectivity index (χ3v) is 2.65. The molecule has 19 heavy (non-hydrogen) atoms. The molecule has 6 heteroatoms. The molecule has 0 saturated carbocycles. The monoisotopic (exact) mass is 288 g/mol. The van der Waals surface area contributed by atoms with E-state index in [1.54, 1.807) is 0 Å². The Hall–Kier alpha value is -1.88. The third kappa shape index (κ3) is 2.61. The Morgan fingerprint density at radius 3 is 2.05 bits per heavy atom. The van der Waals surface area contributed by atoms with Gasteiger partial charge in [-0.15, -0.1) is 0 Å². The van der Waals surface area contributed by atoms with E-state index in [9.17, 15) is 22.4 Å². The molecule has 0 aliphatic carbocycles. The van der Waals surface area contributed by atoms with Gasteiger partial charge in [-0.1, -0.05) is 11.6 Å². The molecular weight excluding hydrogens is 284 g/mol. The van der Waals surface area contributed by atoms with Gasteiger partial charge in [-0.2, -0.15) is 0 Å². The van der Waals surface area contributed by atoms with Gasteiger partial charge in [0, 0.05) is 10.6 Å². The molecule has 0 fully saturated rings. The molecule has 0 N–H and O–H groups in total. The summed E-state index contributed by atoms with van der Waals surface area (Å²) in [5.74, 6) is -6.61. The molecule has 0 saturated heterocycles. The number of benzene rings is 2. The van der Waals surface area contributed by atoms with Crippen molar-refractivity contribution in [2.24, 2.45) is 0 Å². The fraction of sp³-hybridized carbons (Fsp3) is 0. The van der Waals surface area contributed by atoms with Crippen molar-refractivity contribution in [3.05, 3.63) is 69.8 Å². The summed E-state index contributed by atoms with van der Waals surface area (Å²) in [6, 6.07) is 4.20. The lowest BCUT2D eigenvalue weighted by molar-refractivity contribution is 0.103. The van der Waals surface area contributed by atoms with Crippen LogP contribution in [-0.2, 0) is 0 Å². The lowest BCUT2D eigenvalue weighted by Gasteiger charge is -2.05. The molecule has 98 valence electrons. The van der Waals surface area contributed by atoms with Crippen LogP contribution in [0.2, 0.25) is 5.02 Å². The number of ketones is 1. The summed E-state index contributed by atoms with van der Waals surface area (Å²) >= 11 is 5.61. The van der Waals surface area contributed by atoms with Crippen molar-refractivity contribution in [1.82, 2.24) is 0 Å². The van der Waals surface area contributed by atoms with Gasteiger partial charge in [0.1, 0.15) is 5.82 Å². The van der Waals surface area contributed by atoms with Crippen LogP contribution >= 0.6 is 11.6 Å². The van der Waals surface area contributed by atoms with E-state index >= 15 is 0 Å². The van der Waals surface area contributed by atoms with Crippen molar-refractivity contribution in [1.29, 1.82) is 0 Å². The van der Waals surface area contributed by atoms with Crippen molar-refractivity contribution in [3.8, 4) is 0 Å². The summed E-state index contributed by atoms with van der Waals surface area (Å²) in [6.07, 6.45) is 0.